The molecular weight excluding hydrogens is 273 g/mol. The predicted octanol–water partition coefficient (Wildman–Crippen LogP) is -1.94. The number of hydrogen-bond donors (Lipinski definition) is 0. The summed E-state index contributed by atoms with van der Waals surface area (Å²) in [7, 11) is -2.49. The summed E-state index contributed by atoms with van der Waals surface area (Å²) in [6.07, 6.45) is 4.09. The maximum atomic E-state index is 12.2. The van der Waals surface area contributed by atoms with E-state index in [0.717, 1.165) is 0 Å². The Kier molecular flexibility index (Phi) is 5.72. The molecule has 0 unspecified atom stereocenters. The molecule has 0 radical (unpaired) electrons. The van der Waals surface area contributed by atoms with Gasteiger partial charge in [0.25, 0.3) is 10.2 Å². The molecule has 1 rings (SSSR count). The van der Waals surface area contributed by atoms with Gasteiger partial charge in [0.1, 0.15) is 0 Å². The molecule has 0 aliphatic rings. The Morgan fingerprint density at radius 2 is 1.79 bits per heavy atom. The molecule has 0 spiro atoms. The topological polar surface area (TPSA) is 55.2 Å². The van der Waals surface area contributed by atoms with Crippen LogP contribution in [0.25, 0.3) is 0 Å². The standard InChI is InChI=1S/C11H22N3O2SSi.Li/c1-11(2,3)18(6,7)10-12-8-9-14(10)17(15,16)13(4)5;/h9H,1-7H3;/q-1;+1. The summed E-state index contributed by atoms with van der Waals surface area (Å²) in [5.41, 5.74) is 0.642. The summed E-state index contributed by atoms with van der Waals surface area (Å²) in [6, 6.07) is 0. The van der Waals surface area contributed by atoms with Crippen LogP contribution < -0.4 is 24.3 Å². The molecule has 0 fully saturated rings. The summed E-state index contributed by atoms with van der Waals surface area (Å²) < 4.78 is 26.9. The van der Waals surface area contributed by atoms with Crippen molar-refractivity contribution >= 4 is 23.7 Å². The van der Waals surface area contributed by atoms with Crippen LogP contribution in [-0.4, -0.2) is 43.8 Å². The summed E-state index contributed by atoms with van der Waals surface area (Å²) in [5, 5.41) is 0.0196. The Hall–Kier alpha value is -0.0657. The number of nitrogens with zero attached hydrogens (tertiary/aromatic N) is 3. The molecule has 0 N–H and O–H groups in total. The Morgan fingerprint density at radius 3 is 2.16 bits per heavy atom. The molecule has 0 saturated heterocycles. The van der Waals surface area contributed by atoms with E-state index in [1.807, 2.05) is 0 Å². The Morgan fingerprint density at radius 1 is 1.32 bits per heavy atom. The molecule has 1 aromatic heterocycles. The normalized spacial score (nSPS) is 13.5. The number of aromatic nitrogens is 2. The molecule has 0 aromatic carbocycles. The van der Waals surface area contributed by atoms with Gasteiger partial charge in [-0.25, -0.2) is 0 Å². The van der Waals surface area contributed by atoms with Crippen molar-refractivity contribution in [3.8, 4) is 0 Å². The molecule has 5 nitrogen and oxygen atoms in total. The van der Waals surface area contributed by atoms with Crippen LogP contribution in [0.5, 0.6) is 0 Å². The van der Waals surface area contributed by atoms with Gasteiger partial charge in [0, 0.05) is 22.2 Å². The first kappa shape index (κ1) is 18.9. The van der Waals surface area contributed by atoms with E-state index in [4.69, 9.17) is 0 Å². The van der Waals surface area contributed by atoms with Crippen molar-refractivity contribution < 1.29 is 27.3 Å². The van der Waals surface area contributed by atoms with Crippen LogP contribution in [0.2, 0.25) is 18.1 Å². The zero-order chi connectivity index (χ0) is 14.4. The minimum absolute atomic E-state index is 0. The van der Waals surface area contributed by atoms with Gasteiger partial charge in [-0.2, -0.15) is 12.7 Å². The van der Waals surface area contributed by atoms with Crippen LogP contribution in [0, 0.1) is 6.20 Å². The van der Waals surface area contributed by atoms with Crippen LogP contribution >= 0.6 is 0 Å². The molecule has 0 amide bonds. The van der Waals surface area contributed by atoms with Gasteiger partial charge in [0.15, 0.2) is 0 Å². The third-order valence-electron chi connectivity index (χ3n) is 3.70. The van der Waals surface area contributed by atoms with E-state index in [1.54, 1.807) is 0 Å². The fraction of sp³-hybridized carbons (Fsp3) is 0.727. The first-order valence-electron chi connectivity index (χ1n) is 5.81. The summed E-state index contributed by atoms with van der Waals surface area (Å²) >= 11 is 0. The SMILES string of the molecule is CN(C)S(=O)(=O)n1c[c-]nc1[Si](C)(C)C(C)(C)C.[Li+]. The molecule has 1 aromatic rings. The molecule has 0 bridgehead atoms. The van der Waals surface area contributed by atoms with Gasteiger partial charge >= 0.3 is 18.9 Å². The van der Waals surface area contributed by atoms with Gasteiger partial charge in [0.05, 0.1) is 0 Å². The summed E-state index contributed by atoms with van der Waals surface area (Å²) in [6.45, 7) is 10.6. The quantitative estimate of drug-likeness (QED) is 0.481. The molecule has 19 heavy (non-hydrogen) atoms. The second-order valence-electron chi connectivity index (χ2n) is 6.15. The molecular formula is C11H22LiN3O2SSi. The molecule has 104 valence electrons. The molecule has 8 heteroatoms. The van der Waals surface area contributed by atoms with E-state index in [0.29, 0.717) is 5.45 Å². The second-order valence-corrected chi connectivity index (χ2v) is 13.4. The van der Waals surface area contributed by atoms with Crippen molar-refractivity contribution in [1.82, 2.24) is 13.3 Å². The van der Waals surface area contributed by atoms with Gasteiger partial charge in [-0.3, -0.25) is 0 Å². The zero-order valence-electron chi connectivity index (χ0n) is 13.1. The first-order valence-corrected chi connectivity index (χ1v) is 10.2. The van der Waals surface area contributed by atoms with Crippen molar-refractivity contribution in [2.45, 2.75) is 38.9 Å². The fourth-order valence-corrected chi connectivity index (χ4v) is 4.81. The third kappa shape index (κ3) is 3.34. The third-order valence-corrected chi connectivity index (χ3v) is 10.8. The number of imidazole rings is 1. The zero-order valence-corrected chi connectivity index (χ0v) is 15.0. The van der Waals surface area contributed by atoms with Gasteiger partial charge in [-0.15, -0.1) is 6.20 Å². The molecule has 0 saturated carbocycles. The molecule has 0 aliphatic heterocycles. The summed E-state index contributed by atoms with van der Waals surface area (Å²) in [4.78, 5) is 4.20. The minimum Gasteiger partial charge on any atom is -0.441 e. The van der Waals surface area contributed by atoms with Crippen LogP contribution in [0.4, 0.5) is 0 Å². The van der Waals surface area contributed by atoms with Gasteiger partial charge in [-0.1, -0.05) is 45.1 Å². The second kappa shape index (κ2) is 5.74. The van der Waals surface area contributed by atoms with Crippen molar-refractivity contribution in [2.75, 3.05) is 14.1 Å². The number of hydrogen-bond acceptors (Lipinski definition) is 3. The van der Waals surface area contributed by atoms with E-state index in [-0.39, 0.29) is 23.9 Å². The van der Waals surface area contributed by atoms with E-state index >= 15 is 0 Å². The molecule has 0 aliphatic carbocycles. The Bertz CT molecular complexity index is 532. The van der Waals surface area contributed by atoms with Gasteiger partial charge in [-0.05, 0) is 5.45 Å². The van der Waals surface area contributed by atoms with Crippen LogP contribution in [0.3, 0.4) is 0 Å². The van der Waals surface area contributed by atoms with E-state index in [9.17, 15) is 8.42 Å². The maximum Gasteiger partial charge on any atom is 1.00 e. The smallest absolute Gasteiger partial charge is 0.441 e. The first-order chi connectivity index (χ1) is 7.92. The average Bonchev–Trinajstić information content (AvgIpc) is 2.64. The number of rotatable bonds is 3. The maximum absolute atomic E-state index is 12.2. The Balaban J connectivity index is 0.00000324. The van der Waals surface area contributed by atoms with Crippen LogP contribution in [0.15, 0.2) is 6.20 Å². The van der Waals surface area contributed by atoms with Crippen molar-refractivity contribution in [3.63, 3.8) is 0 Å². The predicted molar refractivity (Wildman–Crippen MR) is 75.9 cm³/mol. The van der Waals surface area contributed by atoms with Gasteiger partial charge in [0.2, 0.25) is 0 Å². The van der Waals surface area contributed by atoms with Gasteiger partial charge < -0.3 is 8.96 Å². The van der Waals surface area contributed by atoms with Crippen molar-refractivity contribution in [2.24, 2.45) is 0 Å². The van der Waals surface area contributed by atoms with Crippen LogP contribution in [0.1, 0.15) is 20.8 Å². The average molecular weight is 295 g/mol. The van der Waals surface area contributed by atoms with Crippen LogP contribution in [-0.2, 0) is 10.2 Å². The fourth-order valence-electron chi connectivity index (χ4n) is 1.36. The Labute approximate surface area is 129 Å². The largest absolute Gasteiger partial charge is 1.00 e. The van der Waals surface area contributed by atoms with Crippen molar-refractivity contribution in [1.29, 1.82) is 0 Å². The monoisotopic (exact) mass is 295 g/mol. The van der Waals surface area contributed by atoms with E-state index < -0.39 is 18.3 Å². The molecule has 1 heterocycles. The van der Waals surface area contributed by atoms with E-state index in [2.05, 4.69) is 45.0 Å². The minimum atomic E-state index is -3.52. The van der Waals surface area contributed by atoms with Crippen molar-refractivity contribution in [3.05, 3.63) is 12.4 Å². The van der Waals surface area contributed by atoms with E-state index in [1.165, 1.54) is 28.6 Å². The molecule has 0 atom stereocenters. The summed E-state index contributed by atoms with van der Waals surface area (Å²) in [5.74, 6) is 0.